The molecule has 4 nitrogen and oxygen atoms in total. The first-order valence-electron chi connectivity index (χ1n) is 7.04. The monoisotopic (exact) mass is 295 g/mol. The van der Waals surface area contributed by atoms with Gasteiger partial charge >= 0.3 is 0 Å². The number of hydroxylamine groups is 1. The molecule has 1 atom stereocenters. The van der Waals surface area contributed by atoms with Crippen molar-refractivity contribution in [2.45, 2.75) is 43.8 Å². The van der Waals surface area contributed by atoms with E-state index in [1.54, 1.807) is 0 Å². The third kappa shape index (κ3) is 2.82. The van der Waals surface area contributed by atoms with Gasteiger partial charge in [-0.25, -0.2) is 10.3 Å². The summed E-state index contributed by atoms with van der Waals surface area (Å²) in [6.07, 6.45) is 4.33. The van der Waals surface area contributed by atoms with Gasteiger partial charge in [-0.15, -0.1) is 0 Å². The number of carbonyl (C=O) groups excluding carboxylic acids is 1. The molecule has 0 bridgehead atoms. The summed E-state index contributed by atoms with van der Waals surface area (Å²) in [7, 11) is 0. The SMILES string of the molecule is O=C(NOC1CCCCO1)C1(c2ccc(Cl)cc2)CC1. The molecule has 20 heavy (non-hydrogen) atoms. The Hall–Kier alpha value is -1.10. The molecule has 1 saturated carbocycles. The van der Waals surface area contributed by atoms with E-state index in [0.717, 1.165) is 37.7 Å². The summed E-state index contributed by atoms with van der Waals surface area (Å²) in [6, 6.07) is 7.45. The molecule has 0 radical (unpaired) electrons. The largest absolute Gasteiger partial charge is 0.350 e. The molecule has 1 amide bonds. The Morgan fingerprint density at radius 1 is 1.30 bits per heavy atom. The van der Waals surface area contributed by atoms with Gasteiger partial charge in [-0.05, 0) is 43.4 Å². The fourth-order valence-corrected chi connectivity index (χ4v) is 2.69. The van der Waals surface area contributed by atoms with Crippen molar-refractivity contribution in [2.75, 3.05) is 6.61 Å². The second-order valence-electron chi connectivity index (χ2n) is 5.43. The van der Waals surface area contributed by atoms with E-state index in [-0.39, 0.29) is 12.2 Å². The number of benzene rings is 1. The minimum absolute atomic E-state index is 0.0889. The van der Waals surface area contributed by atoms with E-state index < -0.39 is 5.41 Å². The predicted molar refractivity (Wildman–Crippen MR) is 75.2 cm³/mol. The fourth-order valence-electron chi connectivity index (χ4n) is 2.56. The number of rotatable bonds is 4. The zero-order valence-corrected chi connectivity index (χ0v) is 12.0. The molecule has 1 saturated heterocycles. The van der Waals surface area contributed by atoms with Gasteiger partial charge in [0.1, 0.15) is 0 Å². The summed E-state index contributed by atoms with van der Waals surface area (Å²) in [6.45, 7) is 0.697. The highest BCUT2D eigenvalue weighted by molar-refractivity contribution is 6.30. The Bertz CT molecular complexity index is 478. The van der Waals surface area contributed by atoms with Crippen LogP contribution in [0, 0.1) is 0 Å². The third-order valence-electron chi connectivity index (χ3n) is 4.00. The molecular weight excluding hydrogens is 278 g/mol. The molecular formula is C15H18ClNO3. The highest BCUT2D eigenvalue weighted by Crippen LogP contribution is 2.48. The Labute approximate surface area is 123 Å². The van der Waals surface area contributed by atoms with Crippen LogP contribution in [0.1, 0.15) is 37.7 Å². The second kappa shape index (κ2) is 5.72. The molecule has 0 spiro atoms. The maximum absolute atomic E-state index is 12.3. The van der Waals surface area contributed by atoms with Gasteiger partial charge in [0.05, 0.1) is 5.41 Å². The fraction of sp³-hybridized carbons (Fsp3) is 0.533. The summed E-state index contributed by atoms with van der Waals surface area (Å²) in [4.78, 5) is 17.7. The molecule has 5 heteroatoms. The molecule has 108 valence electrons. The van der Waals surface area contributed by atoms with E-state index in [2.05, 4.69) is 5.48 Å². The standard InChI is InChI=1S/C15H18ClNO3/c16-12-6-4-11(5-7-12)15(8-9-15)14(18)17-20-13-3-1-2-10-19-13/h4-7,13H,1-3,8-10H2,(H,17,18). The summed E-state index contributed by atoms with van der Waals surface area (Å²) < 4.78 is 5.43. The quantitative estimate of drug-likeness (QED) is 0.869. The zero-order chi connectivity index (χ0) is 14.0. The van der Waals surface area contributed by atoms with Gasteiger partial charge in [0.15, 0.2) is 6.29 Å². The van der Waals surface area contributed by atoms with Gasteiger partial charge in [0.25, 0.3) is 5.91 Å². The van der Waals surface area contributed by atoms with Gasteiger partial charge in [0.2, 0.25) is 0 Å². The molecule has 1 N–H and O–H groups in total. The van der Waals surface area contributed by atoms with Crippen LogP contribution in [-0.4, -0.2) is 18.8 Å². The van der Waals surface area contributed by atoms with Gasteiger partial charge in [-0.3, -0.25) is 4.79 Å². The predicted octanol–water partition coefficient (Wildman–Crippen LogP) is 2.95. The summed E-state index contributed by atoms with van der Waals surface area (Å²) in [5.41, 5.74) is 3.12. The van der Waals surface area contributed by atoms with Crippen molar-refractivity contribution in [3.8, 4) is 0 Å². The van der Waals surface area contributed by atoms with Gasteiger partial charge in [-0.1, -0.05) is 23.7 Å². The molecule has 1 aliphatic heterocycles. The van der Waals surface area contributed by atoms with Gasteiger partial charge in [-0.2, -0.15) is 0 Å². The Kier molecular flexibility index (Phi) is 3.96. The number of ether oxygens (including phenoxy) is 1. The smallest absolute Gasteiger partial charge is 0.254 e. The maximum Gasteiger partial charge on any atom is 0.254 e. The van der Waals surface area contributed by atoms with Crippen molar-refractivity contribution in [1.82, 2.24) is 5.48 Å². The number of carbonyl (C=O) groups is 1. The molecule has 1 aromatic rings. The van der Waals surface area contributed by atoms with Crippen molar-refractivity contribution in [3.63, 3.8) is 0 Å². The minimum Gasteiger partial charge on any atom is -0.350 e. The number of amides is 1. The number of halogens is 1. The number of nitrogens with one attached hydrogen (secondary N) is 1. The van der Waals surface area contributed by atoms with Crippen LogP contribution in [-0.2, 0) is 19.8 Å². The third-order valence-corrected chi connectivity index (χ3v) is 4.25. The highest BCUT2D eigenvalue weighted by Gasteiger charge is 2.51. The number of hydrogen-bond donors (Lipinski definition) is 1. The molecule has 2 fully saturated rings. The van der Waals surface area contributed by atoms with E-state index in [4.69, 9.17) is 21.2 Å². The lowest BCUT2D eigenvalue weighted by molar-refractivity contribution is -0.201. The molecule has 0 aromatic heterocycles. The van der Waals surface area contributed by atoms with Crippen LogP contribution in [0.25, 0.3) is 0 Å². The maximum atomic E-state index is 12.3. The van der Waals surface area contributed by atoms with Crippen LogP contribution in [0.3, 0.4) is 0 Å². The van der Waals surface area contributed by atoms with E-state index in [1.807, 2.05) is 24.3 Å². The van der Waals surface area contributed by atoms with E-state index >= 15 is 0 Å². The first-order valence-corrected chi connectivity index (χ1v) is 7.42. The van der Waals surface area contributed by atoms with Crippen molar-refractivity contribution >= 4 is 17.5 Å². The Balaban J connectivity index is 1.60. The van der Waals surface area contributed by atoms with Gasteiger partial charge in [0, 0.05) is 18.1 Å². The van der Waals surface area contributed by atoms with Crippen LogP contribution < -0.4 is 5.48 Å². The molecule has 1 aliphatic carbocycles. The first kappa shape index (κ1) is 13.9. The van der Waals surface area contributed by atoms with Crippen LogP contribution in [0.2, 0.25) is 5.02 Å². The molecule has 1 heterocycles. The van der Waals surface area contributed by atoms with Gasteiger partial charge < -0.3 is 4.74 Å². The van der Waals surface area contributed by atoms with Crippen LogP contribution in [0.5, 0.6) is 0 Å². The Morgan fingerprint density at radius 2 is 2.05 bits per heavy atom. The highest BCUT2D eigenvalue weighted by atomic mass is 35.5. The lowest BCUT2D eigenvalue weighted by atomic mass is 9.95. The first-order chi connectivity index (χ1) is 9.71. The van der Waals surface area contributed by atoms with Crippen molar-refractivity contribution < 1.29 is 14.4 Å². The summed E-state index contributed by atoms with van der Waals surface area (Å²) in [5, 5.41) is 0.678. The van der Waals surface area contributed by atoms with Crippen molar-refractivity contribution in [2.24, 2.45) is 0 Å². The average molecular weight is 296 g/mol. The van der Waals surface area contributed by atoms with E-state index in [1.165, 1.54) is 0 Å². The van der Waals surface area contributed by atoms with E-state index in [0.29, 0.717) is 11.6 Å². The molecule has 2 aliphatic rings. The Morgan fingerprint density at radius 3 is 2.65 bits per heavy atom. The van der Waals surface area contributed by atoms with Crippen molar-refractivity contribution in [1.29, 1.82) is 0 Å². The van der Waals surface area contributed by atoms with Crippen LogP contribution >= 0.6 is 11.6 Å². The second-order valence-corrected chi connectivity index (χ2v) is 5.87. The lowest BCUT2D eigenvalue weighted by Gasteiger charge is -2.23. The van der Waals surface area contributed by atoms with Crippen LogP contribution in [0.4, 0.5) is 0 Å². The van der Waals surface area contributed by atoms with Crippen LogP contribution in [0.15, 0.2) is 24.3 Å². The number of hydrogen-bond acceptors (Lipinski definition) is 3. The minimum atomic E-state index is -0.445. The van der Waals surface area contributed by atoms with Crippen molar-refractivity contribution in [3.05, 3.63) is 34.9 Å². The topological polar surface area (TPSA) is 47.6 Å². The molecule has 3 rings (SSSR count). The van der Waals surface area contributed by atoms with E-state index in [9.17, 15) is 4.79 Å². The normalized spacial score (nSPS) is 24.1. The average Bonchev–Trinajstić information content (AvgIpc) is 3.28. The lowest BCUT2D eigenvalue weighted by Crippen LogP contribution is -2.39. The summed E-state index contributed by atoms with van der Waals surface area (Å²) in [5.74, 6) is -0.0889. The molecule has 1 unspecified atom stereocenters. The zero-order valence-electron chi connectivity index (χ0n) is 11.2. The summed E-state index contributed by atoms with van der Waals surface area (Å²) >= 11 is 5.88. The molecule has 1 aromatic carbocycles.